The molecule has 1 heterocycles. The average Bonchev–Trinajstić information content (AvgIpc) is 3.03. The molecule has 0 spiro atoms. The molecule has 1 N–H and O–H groups in total. The minimum atomic E-state index is 0.491. The van der Waals surface area contributed by atoms with Crippen LogP contribution in [0.2, 0.25) is 0 Å². The van der Waals surface area contributed by atoms with Gasteiger partial charge in [0.1, 0.15) is 4.99 Å². The molecule has 2 fully saturated rings. The van der Waals surface area contributed by atoms with Gasteiger partial charge >= 0.3 is 0 Å². The van der Waals surface area contributed by atoms with E-state index < -0.39 is 0 Å². The van der Waals surface area contributed by atoms with Crippen molar-refractivity contribution in [2.24, 2.45) is 17.8 Å². The van der Waals surface area contributed by atoms with Gasteiger partial charge in [-0.2, -0.15) is 0 Å². The van der Waals surface area contributed by atoms with E-state index >= 15 is 0 Å². The van der Waals surface area contributed by atoms with Crippen LogP contribution in [0.4, 0.5) is 0 Å². The number of nitrogens with zero attached hydrogens (tertiary/aromatic N) is 1. The summed E-state index contributed by atoms with van der Waals surface area (Å²) in [6.07, 6.45) is 24.1. The normalized spacial score (nSPS) is 32.9. The lowest BCUT2D eigenvalue weighted by atomic mass is 9.70. The lowest BCUT2D eigenvalue weighted by Gasteiger charge is -2.49. The molecular formula is C27H36N2S. The summed E-state index contributed by atoms with van der Waals surface area (Å²) in [5, 5.41) is 3.76. The number of thiocarbonyl (C=S) groups is 1. The second kappa shape index (κ2) is 10.5. The molecule has 4 aliphatic rings. The molecule has 0 amide bonds. The maximum atomic E-state index is 6.16. The van der Waals surface area contributed by atoms with Gasteiger partial charge in [-0.3, -0.25) is 0 Å². The molecule has 0 radical (unpaired) electrons. The fourth-order valence-electron chi connectivity index (χ4n) is 5.62. The Balaban J connectivity index is 1.53. The number of nitrogens with one attached hydrogen (secondary N) is 1. The fourth-order valence-corrected chi connectivity index (χ4v) is 6.01. The summed E-state index contributed by atoms with van der Waals surface area (Å²) < 4.78 is 0. The lowest BCUT2D eigenvalue weighted by Crippen LogP contribution is -2.56. The summed E-state index contributed by atoms with van der Waals surface area (Å²) >= 11 is 6.16. The molecule has 1 saturated carbocycles. The Bertz CT molecular complexity index is 806. The molecule has 0 aromatic rings. The largest absolute Gasteiger partial charge is 0.383 e. The Hall–Kier alpha value is -1.79. The van der Waals surface area contributed by atoms with Crippen molar-refractivity contribution in [1.29, 1.82) is 0 Å². The molecule has 4 unspecified atom stereocenters. The Morgan fingerprint density at radius 1 is 1.20 bits per heavy atom. The van der Waals surface area contributed by atoms with Crippen LogP contribution < -0.4 is 5.32 Å². The number of likely N-dealkylation sites (tertiary alicyclic amines) is 1. The zero-order valence-corrected chi connectivity index (χ0v) is 19.2. The van der Waals surface area contributed by atoms with E-state index in [9.17, 15) is 0 Å². The van der Waals surface area contributed by atoms with Crippen LogP contribution in [0.3, 0.4) is 0 Å². The molecule has 160 valence electrons. The van der Waals surface area contributed by atoms with Gasteiger partial charge in [-0.15, -0.1) is 5.92 Å². The molecule has 2 nitrogen and oxygen atoms in total. The van der Waals surface area contributed by atoms with E-state index in [1.54, 1.807) is 0 Å². The van der Waals surface area contributed by atoms with Crippen molar-refractivity contribution >= 4 is 17.2 Å². The third-order valence-electron chi connectivity index (χ3n) is 7.23. The van der Waals surface area contributed by atoms with Gasteiger partial charge in [-0.25, -0.2) is 0 Å². The van der Waals surface area contributed by atoms with Crippen molar-refractivity contribution in [1.82, 2.24) is 10.2 Å². The first-order chi connectivity index (χ1) is 14.7. The summed E-state index contributed by atoms with van der Waals surface area (Å²) in [5.74, 6) is 8.82. The molecule has 1 aliphatic heterocycles. The highest BCUT2D eigenvalue weighted by atomic mass is 32.1. The van der Waals surface area contributed by atoms with Gasteiger partial charge in [-0.05, 0) is 61.2 Å². The minimum Gasteiger partial charge on any atom is -0.383 e. The molecule has 4 rings (SSSR count). The van der Waals surface area contributed by atoms with Crippen LogP contribution in [-0.4, -0.2) is 29.0 Å². The minimum absolute atomic E-state index is 0.491. The molecule has 0 aromatic heterocycles. The summed E-state index contributed by atoms with van der Waals surface area (Å²) in [7, 11) is 0. The second-order valence-corrected chi connectivity index (χ2v) is 9.82. The lowest BCUT2D eigenvalue weighted by molar-refractivity contribution is 0.0702. The zero-order valence-electron chi connectivity index (χ0n) is 18.4. The highest BCUT2D eigenvalue weighted by molar-refractivity contribution is 7.80. The van der Waals surface area contributed by atoms with Crippen LogP contribution in [0.1, 0.15) is 64.7 Å². The third-order valence-corrected chi connectivity index (χ3v) is 7.73. The van der Waals surface area contributed by atoms with Crippen LogP contribution in [0.25, 0.3) is 0 Å². The first-order valence-corrected chi connectivity index (χ1v) is 12.4. The summed E-state index contributed by atoms with van der Waals surface area (Å²) in [6, 6.07) is 0.491. The smallest absolute Gasteiger partial charge is 0.105 e. The van der Waals surface area contributed by atoms with E-state index in [1.807, 2.05) is 0 Å². The molecule has 3 aliphatic carbocycles. The highest BCUT2D eigenvalue weighted by Gasteiger charge is 2.40. The Morgan fingerprint density at radius 2 is 2.10 bits per heavy atom. The van der Waals surface area contributed by atoms with E-state index in [1.165, 1.54) is 43.4 Å². The number of hydrogen-bond donors (Lipinski definition) is 1. The first kappa shape index (κ1) is 21.4. The van der Waals surface area contributed by atoms with Crippen LogP contribution in [0.15, 0.2) is 47.7 Å². The van der Waals surface area contributed by atoms with Crippen molar-refractivity contribution in [3.63, 3.8) is 0 Å². The molecular weight excluding hydrogens is 384 g/mol. The summed E-state index contributed by atoms with van der Waals surface area (Å²) in [6.45, 7) is 4.40. The predicted molar refractivity (Wildman–Crippen MR) is 131 cm³/mol. The summed E-state index contributed by atoms with van der Waals surface area (Å²) in [5.41, 5.74) is 2.59. The van der Waals surface area contributed by atoms with Crippen LogP contribution in [0.5, 0.6) is 0 Å². The number of allylic oxidation sites excluding steroid dienone is 6. The molecule has 3 heteroatoms. The number of fused-ring (bicyclic) bond motifs is 1. The maximum Gasteiger partial charge on any atom is 0.105 e. The first-order valence-electron chi connectivity index (χ1n) is 12.0. The van der Waals surface area contributed by atoms with E-state index in [0.717, 1.165) is 55.6 Å². The Morgan fingerprint density at radius 3 is 3.03 bits per heavy atom. The SMILES string of the molecule is CC1CC#CC/C=C(/C(=S)N2CCC3CCCCC3C2CNC2=CC=CCC=C2)C1. The van der Waals surface area contributed by atoms with Gasteiger partial charge in [0.05, 0.1) is 6.04 Å². The second-order valence-electron chi connectivity index (χ2n) is 9.43. The fraction of sp³-hybridized carbons (Fsp3) is 0.593. The molecule has 1 saturated heterocycles. The van der Waals surface area contributed by atoms with Crippen molar-refractivity contribution < 1.29 is 0 Å². The molecule has 0 bridgehead atoms. The average molecular weight is 421 g/mol. The van der Waals surface area contributed by atoms with Gasteiger partial charge in [0.25, 0.3) is 0 Å². The molecule has 30 heavy (non-hydrogen) atoms. The maximum absolute atomic E-state index is 6.16. The highest BCUT2D eigenvalue weighted by Crippen LogP contribution is 2.40. The number of piperidine rings is 1. The molecule has 0 aromatic carbocycles. The Kier molecular flexibility index (Phi) is 7.50. The number of hydrogen-bond acceptors (Lipinski definition) is 2. The van der Waals surface area contributed by atoms with Gasteiger partial charge in [0, 0.05) is 31.6 Å². The van der Waals surface area contributed by atoms with E-state index in [2.05, 4.69) is 65.4 Å². The van der Waals surface area contributed by atoms with Crippen molar-refractivity contribution in [3.05, 3.63) is 47.7 Å². The van der Waals surface area contributed by atoms with Gasteiger partial charge in [-0.1, -0.05) is 68.6 Å². The van der Waals surface area contributed by atoms with E-state index in [-0.39, 0.29) is 0 Å². The van der Waals surface area contributed by atoms with Crippen molar-refractivity contribution in [3.8, 4) is 11.8 Å². The number of rotatable bonds is 4. The van der Waals surface area contributed by atoms with Crippen molar-refractivity contribution in [2.75, 3.05) is 13.1 Å². The summed E-state index contributed by atoms with van der Waals surface area (Å²) in [4.78, 5) is 3.70. The quantitative estimate of drug-likeness (QED) is 0.448. The van der Waals surface area contributed by atoms with Gasteiger partial charge in [0.2, 0.25) is 0 Å². The monoisotopic (exact) mass is 420 g/mol. The third kappa shape index (κ3) is 5.27. The standard InChI is InChI=1S/C27H36N2S/c1-21-11-5-4-6-13-23(19-21)27(30)29-18-17-22-12-9-10-16-25(22)26(29)20-28-24-14-7-2-3-8-15-24/h2,7-8,13-15,21-22,25-26,28H,3,6,9-12,16-20H2,1H3/b23-13+. The van der Waals surface area contributed by atoms with Crippen molar-refractivity contribution in [2.45, 2.75) is 70.8 Å². The van der Waals surface area contributed by atoms with Gasteiger partial charge < -0.3 is 10.2 Å². The predicted octanol–water partition coefficient (Wildman–Crippen LogP) is 5.93. The van der Waals surface area contributed by atoms with E-state index in [4.69, 9.17) is 12.2 Å². The van der Waals surface area contributed by atoms with E-state index in [0.29, 0.717) is 12.0 Å². The van der Waals surface area contributed by atoms with Crippen LogP contribution in [-0.2, 0) is 0 Å². The zero-order chi connectivity index (χ0) is 20.8. The Labute approximate surface area is 188 Å². The van der Waals surface area contributed by atoms with Crippen LogP contribution >= 0.6 is 12.2 Å². The van der Waals surface area contributed by atoms with Crippen LogP contribution in [0, 0.1) is 29.6 Å². The van der Waals surface area contributed by atoms with Gasteiger partial charge in [0.15, 0.2) is 0 Å². The molecule has 4 atom stereocenters. The topological polar surface area (TPSA) is 15.3 Å².